The van der Waals surface area contributed by atoms with Gasteiger partial charge in [0.2, 0.25) is 0 Å². The van der Waals surface area contributed by atoms with Gasteiger partial charge in [0, 0.05) is 28.0 Å². The number of fused-ring (bicyclic) bond motifs is 1. The molecule has 1 aliphatic heterocycles. The van der Waals surface area contributed by atoms with Crippen molar-refractivity contribution >= 4 is 27.2 Å². The molecule has 1 aromatic heterocycles. The number of carbonyl (C=O) groups excluding carboxylic acids is 1. The summed E-state index contributed by atoms with van der Waals surface area (Å²) < 4.78 is 13.5. The molecule has 7 nitrogen and oxygen atoms in total. The van der Waals surface area contributed by atoms with Crippen LogP contribution in [0.4, 0.5) is 0 Å². The van der Waals surface area contributed by atoms with E-state index in [0.29, 0.717) is 25.7 Å². The average Bonchev–Trinajstić information content (AvgIpc) is 3.42. The van der Waals surface area contributed by atoms with Crippen molar-refractivity contribution in [1.82, 2.24) is 0 Å². The maximum atomic E-state index is 12.7. The van der Waals surface area contributed by atoms with Gasteiger partial charge >= 0.3 is 0 Å². The SMILES string of the molecule is CCCC/C=C\C[C@H]1C(=O)C(O)CC1/C=C/C(CCc1sc2ccccc2c1C)OC1C[C@@H](N)C(O)[C@@H](CO)O1. The monoisotopic (exact) mass is 571 g/mol. The van der Waals surface area contributed by atoms with Crippen molar-refractivity contribution in [2.75, 3.05) is 6.61 Å². The number of thiophene rings is 1. The second-order valence-corrected chi connectivity index (χ2v) is 12.3. The summed E-state index contributed by atoms with van der Waals surface area (Å²) in [5.41, 5.74) is 7.41. The Morgan fingerprint density at radius 2 is 2.02 bits per heavy atom. The highest BCUT2D eigenvalue weighted by atomic mass is 32.1. The molecule has 2 fully saturated rings. The molecule has 5 unspecified atom stereocenters. The lowest BCUT2D eigenvalue weighted by Gasteiger charge is -2.38. The summed E-state index contributed by atoms with van der Waals surface area (Å²) >= 11 is 1.79. The summed E-state index contributed by atoms with van der Waals surface area (Å²) in [4.78, 5) is 14.0. The van der Waals surface area contributed by atoms with Crippen LogP contribution >= 0.6 is 11.3 Å². The first kappa shape index (κ1) is 31.0. The van der Waals surface area contributed by atoms with Gasteiger partial charge in [0.25, 0.3) is 0 Å². The molecule has 8 atom stereocenters. The summed E-state index contributed by atoms with van der Waals surface area (Å²) in [7, 11) is 0. The van der Waals surface area contributed by atoms with Crippen molar-refractivity contribution in [3.63, 3.8) is 0 Å². The van der Waals surface area contributed by atoms with Gasteiger partial charge in [0.15, 0.2) is 12.1 Å². The van der Waals surface area contributed by atoms with E-state index in [1.165, 1.54) is 20.5 Å². The number of aryl methyl sites for hydroxylation is 2. The van der Waals surface area contributed by atoms with E-state index >= 15 is 0 Å². The van der Waals surface area contributed by atoms with E-state index in [9.17, 15) is 20.1 Å². The topological polar surface area (TPSA) is 122 Å². The number of rotatable bonds is 13. The Morgan fingerprint density at radius 3 is 2.77 bits per heavy atom. The highest BCUT2D eigenvalue weighted by molar-refractivity contribution is 7.19. The number of benzene rings is 1. The Bertz CT molecular complexity index is 1160. The first-order valence-corrected chi connectivity index (χ1v) is 15.5. The zero-order valence-corrected chi connectivity index (χ0v) is 24.5. The lowest BCUT2D eigenvalue weighted by Crippen LogP contribution is -2.54. The second kappa shape index (κ2) is 14.8. The van der Waals surface area contributed by atoms with Crippen molar-refractivity contribution in [2.45, 2.75) is 102 Å². The number of hydrogen-bond acceptors (Lipinski definition) is 8. The first-order chi connectivity index (χ1) is 19.3. The summed E-state index contributed by atoms with van der Waals surface area (Å²) in [5, 5.41) is 31.5. The number of carbonyl (C=O) groups is 1. The van der Waals surface area contributed by atoms with Gasteiger partial charge in [-0.15, -0.1) is 11.3 Å². The minimum atomic E-state index is -0.947. The molecule has 1 aliphatic carbocycles. The van der Waals surface area contributed by atoms with Crippen LogP contribution in [0, 0.1) is 18.8 Å². The van der Waals surface area contributed by atoms with Gasteiger partial charge in [-0.3, -0.25) is 4.79 Å². The Hall–Kier alpha value is -1.91. The minimum Gasteiger partial charge on any atom is -0.394 e. The third kappa shape index (κ3) is 7.68. The van der Waals surface area contributed by atoms with Crippen LogP contribution < -0.4 is 5.73 Å². The van der Waals surface area contributed by atoms with Crippen LogP contribution in [0.15, 0.2) is 48.6 Å². The van der Waals surface area contributed by atoms with E-state index in [2.05, 4.69) is 50.3 Å². The maximum Gasteiger partial charge on any atom is 0.165 e. The predicted molar refractivity (Wildman–Crippen MR) is 159 cm³/mol. The summed E-state index contributed by atoms with van der Waals surface area (Å²) in [6, 6.07) is 7.84. The number of ether oxygens (including phenoxy) is 2. The molecule has 40 heavy (non-hydrogen) atoms. The maximum absolute atomic E-state index is 12.7. The number of hydrogen-bond donors (Lipinski definition) is 4. The van der Waals surface area contributed by atoms with Crippen molar-refractivity contribution in [1.29, 1.82) is 0 Å². The molecular weight excluding hydrogens is 526 g/mol. The molecule has 220 valence electrons. The molecular formula is C32H45NO6S. The summed E-state index contributed by atoms with van der Waals surface area (Å²) in [6.07, 6.45) is 10.7. The highest BCUT2D eigenvalue weighted by Gasteiger charge is 2.40. The smallest absolute Gasteiger partial charge is 0.165 e. The molecule has 2 aliphatic rings. The fraction of sp³-hybridized carbons (Fsp3) is 0.594. The Kier molecular flexibility index (Phi) is 11.5. The molecule has 2 heterocycles. The van der Waals surface area contributed by atoms with Crippen LogP contribution in [0.25, 0.3) is 10.1 Å². The van der Waals surface area contributed by atoms with Crippen molar-refractivity contribution in [3.05, 3.63) is 59.0 Å². The third-order valence-corrected chi connectivity index (χ3v) is 9.61. The van der Waals surface area contributed by atoms with E-state index < -0.39 is 30.6 Å². The van der Waals surface area contributed by atoms with Crippen LogP contribution in [0.3, 0.4) is 0 Å². The molecule has 8 heteroatoms. The van der Waals surface area contributed by atoms with Gasteiger partial charge in [-0.2, -0.15) is 0 Å². The zero-order chi connectivity index (χ0) is 28.6. The van der Waals surface area contributed by atoms with Gasteiger partial charge in [-0.25, -0.2) is 0 Å². The Balaban J connectivity index is 1.49. The van der Waals surface area contributed by atoms with E-state index in [-0.39, 0.29) is 30.3 Å². The van der Waals surface area contributed by atoms with E-state index in [4.69, 9.17) is 15.2 Å². The molecule has 5 N–H and O–H groups in total. The first-order valence-electron chi connectivity index (χ1n) is 14.7. The Labute approximate surface area is 241 Å². The van der Waals surface area contributed by atoms with Gasteiger partial charge in [-0.1, -0.05) is 62.3 Å². The molecule has 1 saturated carbocycles. The molecule has 1 saturated heterocycles. The van der Waals surface area contributed by atoms with Gasteiger partial charge in [0.1, 0.15) is 12.2 Å². The fourth-order valence-electron chi connectivity index (χ4n) is 5.80. The van der Waals surface area contributed by atoms with Crippen molar-refractivity contribution in [2.24, 2.45) is 17.6 Å². The van der Waals surface area contributed by atoms with Crippen LogP contribution in [-0.4, -0.2) is 64.5 Å². The van der Waals surface area contributed by atoms with Crippen molar-refractivity contribution < 1.29 is 29.6 Å². The minimum absolute atomic E-state index is 0.0722. The van der Waals surface area contributed by atoms with Crippen LogP contribution in [-0.2, 0) is 20.7 Å². The van der Waals surface area contributed by atoms with E-state index in [0.717, 1.165) is 25.7 Å². The number of allylic oxidation sites excluding steroid dienone is 3. The number of aliphatic hydroxyl groups excluding tert-OH is 3. The van der Waals surface area contributed by atoms with E-state index in [1.54, 1.807) is 11.3 Å². The molecule has 0 amide bonds. The van der Waals surface area contributed by atoms with Crippen molar-refractivity contribution in [3.8, 4) is 0 Å². The third-order valence-electron chi connectivity index (χ3n) is 8.28. The zero-order valence-electron chi connectivity index (χ0n) is 23.7. The van der Waals surface area contributed by atoms with Gasteiger partial charge in [0.05, 0.1) is 18.8 Å². The average molecular weight is 572 g/mol. The molecule has 0 radical (unpaired) electrons. The largest absolute Gasteiger partial charge is 0.394 e. The van der Waals surface area contributed by atoms with E-state index in [1.807, 2.05) is 12.2 Å². The predicted octanol–water partition coefficient (Wildman–Crippen LogP) is 4.58. The van der Waals surface area contributed by atoms with Crippen LogP contribution in [0.2, 0.25) is 0 Å². The molecule has 1 aromatic carbocycles. The number of aliphatic hydroxyl groups is 3. The number of nitrogens with two attached hydrogens (primary N) is 1. The summed E-state index contributed by atoms with van der Waals surface area (Å²) in [5.74, 6) is -0.408. The molecule has 0 bridgehead atoms. The standard InChI is InChI=1S/C32H45NO6S/c1-3-4-5-6-7-11-24-21(17-26(35)31(24)36)13-14-22(38-30-18-25(33)32(37)27(19-34)39-30)15-16-28-20(2)23-10-8-9-12-29(23)40-28/h6-10,12-14,21-22,24-27,30,32,34-35,37H,3-5,11,15-19,33H2,1-2H3/b7-6-,14-13+/t21?,22?,24-,25-,26?,27-,30?,32?/m1/s1. The quantitative estimate of drug-likeness (QED) is 0.205. The number of Topliss-reactive ketones (excluding diaryl/α,β-unsaturated/α-hetero) is 1. The van der Waals surface area contributed by atoms with Gasteiger partial charge < -0.3 is 30.5 Å². The van der Waals surface area contributed by atoms with Crippen LogP contribution in [0.5, 0.6) is 0 Å². The Morgan fingerprint density at radius 1 is 1.23 bits per heavy atom. The molecule has 4 rings (SSSR count). The van der Waals surface area contributed by atoms with Crippen LogP contribution in [0.1, 0.15) is 62.3 Å². The summed E-state index contributed by atoms with van der Waals surface area (Å²) in [6.45, 7) is 3.97. The fourth-order valence-corrected chi connectivity index (χ4v) is 7.02. The normalized spacial score (nSPS) is 30.2. The lowest BCUT2D eigenvalue weighted by atomic mass is 9.91. The molecule has 0 spiro atoms. The highest BCUT2D eigenvalue weighted by Crippen LogP contribution is 2.35. The lowest BCUT2D eigenvalue weighted by molar-refractivity contribution is -0.244. The molecule has 2 aromatic rings. The second-order valence-electron chi connectivity index (χ2n) is 11.2. The number of ketones is 1. The number of unbranched alkanes of at least 4 members (excludes halogenated alkanes) is 2. The van der Waals surface area contributed by atoms with Gasteiger partial charge in [-0.05, 0) is 62.0 Å².